The van der Waals surface area contributed by atoms with Crippen molar-refractivity contribution in [3.05, 3.63) is 28.2 Å². The first kappa shape index (κ1) is 20.9. The fourth-order valence-corrected chi connectivity index (χ4v) is 4.89. The standard InChI is InChI=1S/C14H23BrN2O2S.ClH/c1-10(2)8-14(4,9-16)17-20(18,19)13-6-5-11(3)7-12(13)15;/h5-7,10,17H,8-9,16H2,1-4H3;1H. The zero-order valence-corrected chi connectivity index (χ0v) is 16.0. The van der Waals surface area contributed by atoms with Crippen LogP contribution in [-0.2, 0) is 10.0 Å². The number of benzene rings is 1. The number of aryl methyl sites for hydroxylation is 1. The molecule has 1 aromatic rings. The summed E-state index contributed by atoms with van der Waals surface area (Å²) >= 11 is 3.31. The van der Waals surface area contributed by atoms with Crippen molar-refractivity contribution in [1.29, 1.82) is 0 Å². The highest BCUT2D eigenvalue weighted by molar-refractivity contribution is 9.10. The molecule has 122 valence electrons. The summed E-state index contributed by atoms with van der Waals surface area (Å²) in [7, 11) is -3.60. The third-order valence-corrected chi connectivity index (χ3v) is 5.68. The Hall–Kier alpha value is -0.140. The van der Waals surface area contributed by atoms with Gasteiger partial charge in [-0.15, -0.1) is 12.4 Å². The molecular formula is C14H24BrClN2O2S. The molecule has 4 nitrogen and oxygen atoms in total. The second-order valence-corrected chi connectivity index (χ2v) is 8.41. The third kappa shape index (κ3) is 5.87. The quantitative estimate of drug-likeness (QED) is 0.771. The van der Waals surface area contributed by atoms with Crippen molar-refractivity contribution in [3.63, 3.8) is 0 Å². The van der Waals surface area contributed by atoms with Crippen LogP contribution in [0.2, 0.25) is 0 Å². The first-order chi connectivity index (χ1) is 9.09. The minimum Gasteiger partial charge on any atom is -0.329 e. The van der Waals surface area contributed by atoms with E-state index in [0.717, 1.165) is 5.56 Å². The highest BCUT2D eigenvalue weighted by Crippen LogP contribution is 2.25. The Labute approximate surface area is 142 Å². The van der Waals surface area contributed by atoms with Crippen LogP contribution in [0, 0.1) is 12.8 Å². The zero-order valence-electron chi connectivity index (χ0n) is 12.8. The predicted octanol–water partition coefficient (Wildman–Crippen LogP) is 3.22. The Morgan fingerprint density at radius 2 is 1.95 bits per heavy atom. The lowest BCUT2D eigenvalue weighted by Gasteiger charge is -2.31. The first-order valence-corrected chi connectivity index (χ1v) is 8.87. The molecule has 0 saturated carbocycles. The molecule has 0 aliphatic heterocycles. The van der Waals surface area contributed by atoms with Gasteiger partial charge in [-0.2, -0.15) is 0 Å². The van der Waals surface area contributed by atoms with Crippen molar-refractivity contribution in [1.82, 2.24) is 4.72 Å². The molecule has 0 bridgehead atoms. The lowest BCUT2D eigenvalue weighted by atomic mass is 9.92. The Morgan fingerprint density at radius 1 is 1.38 bits per heavy atom. The van der Waals surface area contributed by atoms with Crippen molar-refractivity contribution in [2.24, 2.45) is 11.7 Å². The van der Waals surface area contributed by atoms with E-state index in [1.807, 2.05) is 27.7 Å². The monoisotopic (exact) mass is 398 g/mol. The lowest BCUT2D eigenvalue weighted by molar-refractivity contribution is 0.344. The molecule has 0 fully saturated rings. The van der Waals surface area contributed by atoms with E-state index < -0.39 is 15.6 Å². The number of sulfonamides is 1. The van der Waals surface area contributed by atoms with Crippen LogP contribution in [0.3, 0.4) is 0 Å². The van der Waals surface area contributed by atoms with Crippen molar-refractivity contribution in [3.8, 4) is 0 Å². The molecule has 21 heavy (non-hydrogen) atoms. The van der Waals surface area contributed by atoms with Crippen LogP contribution in [0.15, 0.2) is 27.6 Å². The van der Waals surface area contributed by atoms with Crippen molar-refractivity contribution < 1.29 is 8.42 Å². The summed E-state index contributed by atoms with van der Waals surface area (Å²) < 4.78 is 28.4. The van der Waals surface area contributed by atoms with Gasteiger partial charge in [-0.3, -0.25) is 0 Å². The largest absolute Gasteiger partial charge is 0.329 e. The van der Waals surface area contributed by atoms with Crippen LogP contribution in [0.25, 0.3) is 0 Å². The SMILES string of the molecule is Cc1ccc(S(=O)(=O)NC(C)(CN)CC(C)C)c(Br)c1.Cl. The summed E-state index contributed by atoms with van der Waals surface area (Å²) in [5, 5.41) is 0. The maximum absolute atomic E-state index is 12.5. The molecule has 3 N–H and O–H groups in total. The fraction of sp³-hybridized carbons (Fsp3) is 0.571. The second kappa shape index (κ2) is 7.92. The van der Waals surface area contributed by atoms with E-state index in [0.29, 0.717) is 16.8 Å². The van der Waals surface area contributed by atoms with E-state index >= 15 is 0 Å². The molecule has 7 heteroatoms. The number of hydrogen-bond acceptors (Lipinski definition) is 3. The van der Waals surface area contributed by atoms with Gasteiger partial charge in [0.15, 0.2) is 0 Å². The summed E-state index contributed by atoms with van der Waals surface area (Å²) in [4.78, 5) is 0.242. The van der Waals surface area contributed by atoms with E-state index in [2.05, 4.69) is 20.7 Å². The summed E-state index contributed by atoms with van der Waals surface area (Å²) in [5.41, 5.74) is 6.12. The molecule has 1 atom stereocenters. The molecule has 1 unspecified atom stereocenters. The molecule has 0 aliphatic carbocycles. The molecule has 1 rings (SSSR count). The van der Waals surface area contributed by atoms with Gasteiger partial charge in [0, 0.05) is 16.6 Å². The number of nitrogens with two attached hydrogens (primary N) is 1. The van der Waals surface area contributed by atoms with Crippen LogP contribution >= 0.6 is 28.3 Å². The molecule has 0 saturated heterocycles. The van der Waals surface area contributed by atoms with E-state index in [4.69, 9.17) is 5.73 Å². The first-order valence-electron chi connectivity index (χ1n) is 6.60. The number of nitrogens with one attached hydrogen (secondary N) is 1. The van der Waals surface area contributed by atoms with Crippen LogP contribution in [0.4, 0.5) is 0 Å². The van der Waals surface area contributed by atoms with Crippen LogP contribution < -0.4 is 10.5 Å². The highest BCUT2D eigenvalue weighted by atomic mass is 79.9. The summed E-state index contributed by atoms with van der Waals surface area (Å²) in [6.07, 6.45) is 0.687. The minimum atomic E-state index is -3.60. The number of hydrogen-bond donors (Lipinski definition) is 2. The van der Waals surface area contributed by atoms with Crippen LogP contribution in [0.1, 0.15) is 32.8 Å². The van der Waals surface area contributed by atoms with Crippen molar-refractivity contribution >= 4 is 38.4 Å². The number of rotatable bonds is 6. The van der Waals surface area contributed by atoms with Gasteiger partial charge in [-0.05, 0) is 59.8 Å². The smallest absolute Gasteiger partial charge is 0.242 e. The van der Waals surface area contributed by atoms with Gasteiger partial charge in [0.2, 0.25) is 10.0 Å². The average molecular weight is 400 g/mol. The van der Waals surface area contributed by atoms with Gasteiger partial charge < -0.3 is 5.73 Å². The summed E-state index contributed by atoms with van der Waals surface area (Å²) in [5.74, 6) is 0.354. The van der Waals surface area contributed by atoms with Gasteiger partial charge in [-0.25, -0.2) is 13.1 Å². The van der Waals surface area contributed by atoms with Crippen molar-refractivity contribution in [2.75, 3.05) is 6.54 Å². The topological polar surface area (TPSA) is 72.2 Å². The second-order valence-electron chi connectivity index (χ2n) is 5.90. The normalized spacial score (nSPS) is 14.6. The molecule has 0 amide bonds. The van der Waals surface area contributed by atoms with E-state index in [-0.39, 0.29) is 23.8 Å². The van der Waals surface area contributed by atoms with Gasteiger partial charge in [0.1, 0.15) is 0 Å². The fourth-order valence-electron chi connectivity index (χ4n) is 2.27. The summed E-state index contributed by atoms with van der Waals surface area (Å²) in [6, 6.07) is 5.17. The average Bonchev–Trinajstić information content (AvgIpc) is 2.26. The Bertz CT molecular complexity index is 578. The maximum atomic E-state index is 12.5. The predicted molar refractivity (Wildman–Crippen MR) is 93.4 cm³/mol. The van der Waals surface area contributed by atoms with Crippen LogP contribution in [0.5, 0.6) is 0 Å². The Morgan fingerprint density at radius 3 is 2.38 bits per heavy atom. The van der Waals surface area contributed by atoms with Gasteiger partial charge in [-0.1, -0.05) is 19.9 Å². The lowest BCUT2D eigenvalue weighted by Crippen LogP contribution is -2.52. The zero-order chi connectivity index (χ0) is 15.6. The van der Waals surface area contributed by atoms with Crippen LogP contribution in [-0.4, -0.2) is 20.5 Å². The summed E-state index contributed by atoms with van der Waals surface area (Å²) in [6.45, 7) is 8.10. The Kier molecular flexibility index (Phi) is 7.87. The third-order valence-electron chi connectivity index (χ3n) is 3.07. The van der Waals surface area contributed by atoms with E-state index in [9.17, 15) is 8.42 Å². The number of halogens is 2. The molecule has 0 heterocycles. The van der Waals surface area contributed by atoms with E-state index in [1.165, 1.54) is 0 Å². The molecule has 0 radical (unpaired) electrons. The minimum absolute atomic E-state index is 0. The van der Waals surface area contributed by atoms with Gasteiger partial charge >= 0.3 is 0 Å². The van der Waals surface area contributed by atoms with Gasteiger partial charge in [0.05, 0.1) is 4.90 Å². The Balaban J connectivity index is 0.00000400. The van der Waals surface area contributed by atoms with Gasteiger partial charge in [0.25, 0.3) is 0 Å². The van der Waals surface area contributed by atoms with Crippen molar-refractivity contribution in [2.45, 2.75) is 44.6 Å². The molecule has 0 aliphatic rings. The molecule has 1 aromatic carbocycles. The highest BCUT2D eigenvalue weighted by Gasteiger charge is 2.31. The molecule has 0 spiro atoms. The molecule has 0 aromatic heterocycles. The van der Waals surface area contributed by atoms with E-state index in [1.54, 1.807) is 18.2 Å². The molecular weight excluding hydrogens is 376 g/mol. The maximum Gasteiger partial charge on any atom is 0.242 e.